The van der Waals surface area contributed by atoms with Gasteiger partial charge in [0.05, 0.1) is 36.9 Å². The number of esters is 1. The van der Waals surface area contributed by atoms with Gasteiger partial charge in [0.1, 0.15) is 11.8 Å². The molecule has 1 spiro atoms. The van der Waals surface area contributed by atoms with Gasteiger partial charge in [0, 0.05) is 24.0 Å². The second-order valence-electron chi connectivity index (χ2n) is 8.50. The van der Waals surface area contributed by atoms with Crippen LogP contribution in [-0.4, -0.2) is 77.2 Å². The summed E-state index contributed by atoms with van der Waals surface area (Å²) in [6.07, 6.45) is 3.06. The first-order valence-electron chi connectivity index (χ1n) is 11.3. The molecule has 1 N–H and O–H groups in total. The third-order valence-electron chi connectivity index (χ3n) is 6.90. The molecule has 0 aromatic heterocycles. The second-order valence-corrected chi connectivity index (χ2v) is 10.1. The van der Waals surface area contributed by atoms with Crippen molar-refractivity contribution in [2.75, 3.05) is 38.3 Å². The van der Waals surface area contributed by atoms with Crippen LogP contribution < -0.4 is 9.64 Å². The number of aliphatic hydroxyl groups excluding tert-OH is 1. The predicted octanol–water partition coefficient (Wildman–Crippen LogP) is 1.86. The van der Waals surface area contributed by atoms with E-state index in [4.69, 9.17) is 9.47 Å². The maximum Gasteiger partial charge on any atom is 0.310 e. The summed E-state index contributed by atoms with van der Waals surface area (Å²) in [6.45, 7) is 5.83. The van der Waals surface area contributed by atoms with Crippen molar-refractivity contribution < 1.29 is 29.0 Å². The number of likely N-dealkylation sites (tertiary alicyclic amines) is 1. The number of fused-ring (bicyclic) bond motifs is 1. The zero-order valence-corrected chi connectivity index (χ0v) is 19.8. The normalized spacial score (nSPS) is 29.7. The standard InChI is InChI=1S/C24H30N2O6S/c1-4-12-25(15-6-8-16(31-3)9-7-15)22(29)20-24-11-10-17(33-24)18(23(30)32-5-2)19(24)21(28)26(20)13-14-27/h4,6-9,17-20,27H,1,5,10-14H2,2-3H3/t17-,18+,19+,20?,24?/m1/s1. The molecule has 3 heterocycles. The van der Waals surface area contributed by atoms with Crippen LogP contribution in [0.3, 0.4) is 0 Å². The molecule has 5 atom stereocenters. The summed E-state index contributed by atoms with van der Waals surface area (Å²) in [6, 6.07) is 6.36. The number of carbonyl (C=O) groups excluding carboxylic acids is 3. The summed E-state index contributed by atoms with van der Waals surface area (Å²) in [5, 5.41) is 9.66. The number of hydrogen-bond donors (Lipinski definition) is 1. The number of anilines is 1. The molecule has 33 heavy (non-hydrogen) atoms. The maximum atomic E-state index is 14.1. The highest BCUT2D eigenvalue weighted by Gasteiger charge is 2.74. The molecule has 4 rings (SSSR count). The van der Waals surface area contributed by atoms with E-state index in [0.717, 1.165) is 6.42 Å². The number of aliphatic hydroxyl groups is 1. The van der Waals surface area contributed by atoms with Gasteiger partial charge < -0.3 is 24.4 Å². The second kappa shape index (κ2) is 9.38. The summed E-state index contributed by atoms with van der Waals surface area (Å²) in [5.74, 6) is -1.37. The maximum absolute atomic E-state index is 14.1. The average Bonchev–Trinajstić information content (AvgIpc) is 3.45. The van der Waals surface area contributed by atoms with Gasteiger partial charge in [-0.25, -0.2) is 0 Å². The Labute approximate surface area is 197 Å². The smallest absolute Gasteiger partial charge is 0.310 e. The highest BCUT2D eigenvalue weighted by Crippen LogP contribution is 2.66. The van der Waals surface area contributed by atoms with Gasteiger partial charge in [0.2, 0.25) is 5.91 Å². The number of hydrogen-bond acceptors (Lipinski definition) is 7. The van der Waals surface area contributed by atoms with Crippen LogP contribution in [0.4, 0.5) is 5.69 Å². The van der Waals surface area contributed by atoms with Crippen LogP contribution >= 0.6 is 11.8 Å². The highest BCUT2D eigenvalue weighted by molar-refractivity contribution is 8.02. The van der Waals surface area contributed by atoms with E-state index in [1.807, 2.05) is 0 Å². The lowest BCUT2D eigenvalue weighted by Gasteiger charge is -2.37. The Morgan fingerprint density at radius 3 is 2.70 bits per heavy atom. The van der Waals surface area contributed by atoms with E-state index in [9.17, 15) is 19.5 Å². The van der Waals surface area contributed by atoms with Crippen LogP contribution in [0.1, 0.15) is 19.8 Å². The molecule has 8 nitrogen and oxygen atoms in total. The Morgan fingerprint density at radius 2 is 2.09 bits per heavy atom. The first-order chi connectivity index (χ1) is 15.9. The Kier molecular flexibility index (Phi) is 6.72. The lowest BCUT2D eigenvalue weighted by atomic mass is 9.71. The van der Waals surface area contributed by atoms with Gasteiger partial charge in [-0.1, -0.05) is 6.08 Å². The highest BCUT2D eigenvalue weighted by atomic mass is 32.2. The lowest BCUT2D eigenvalue weighted by Crippen LogP contribution is -2.55. The molecular formula is C24H30N2O6S. The monoisotopic (exact) mass is 474 g/mol. The first-order valence-corrected chi connectivity index (χ1v) is 12.1. The summed E-state index contributed by atoms with van der Waals surface area (Å²) in [5.41, 5.74) is 0.663. The fourth-order valence-corrected chi connectivity index (χ4v) is 7.85. The van der Waals surface area contributed by atoms with Crippen LogP contribution in [-0.2, 0) is 19.1 Å². The van der Waals surface area contributed by atoms with E-state index < -0.39 is 22.6 Å². The molecule has 0 radical (unpaired) electrons. The Hall–Kier alpha value is -2.52. The van der Waals surface area contributed by atoms with Crippen molar-refractivity contribution >= 4 is 35.2 Å². The SMILES string of the molecule is C=CCN(C(=O)C1N(CCO)C(=O)[C@@H]2[C@@H](C(=O)OCC)[C@H]3CCC12S3)c1ccc(OC)cc1. The molecule has 1 aromatic rings. The largest absolute Gasteiger partial charge is 0.497 e. The van der Waals surface area contributed by atoms with Crippen molar-refractivity contribution in [2.24, 2.45) is 11.8 Å². The van der Waals surface area contributed by atoms with Crippen molar-refractivity contribution in [1.29, 1.82) is 0 Å². The number of β-amino-alcohol motifs (C(OH)–C–C–N with tert-alkyl or cyclic N) is 1. The first kappa shape index (κ1) is 23.6. The Bertz CT molecular complexity index is 937. The number of rotatable bonds is 9. The van der Waals surface area contributed by atoms with Gasteiger partial charge in [-0.2, -0.15) is 0 Å². The minimum absolute atomic E-state index is 0.0405. The van der Waals surface area contributed by atoms with Gasteiger partial charge >= 0.3 is 5.97 Å². The molecule has 0 aliphatic carbocycles. The van der Waals surface area contributed by atoms with Gasteiger partial charge in [-0.05, 0) is 44.0 Å². The topological polar surface area (TPSA) is 96.4 Å². The Balaban J connectivity index is 1.73. The van der Waals surface area contributed by atoms with Crippen molar-refractivity contribution in [2.45, 2.75) is 35.8 Å². The fraction of sp³-hybridized carbons (Fsp3) is 0.542. The number of methoxy groups -OCH3 is 1. The van der Waals surface area contributed by atoms with E-state index in [1.54, 1.807) is 61.0 Å². The minimum atomic E-state index is -0.779. The molecule has 2 bridgehead atoms. The summed E-state index contributed by atoms with van der Waals surface area (Å²) in [7, 11) is 1.58. The molecule has 0 saturated carbocycles. The van der Waals surface area contributed by atoms with E-state index in [0.29, 0.717) is 17.9 Å². The quantitative estimate of drug-likeness (QED) is 0.431. The van der Waals surface area contributed by atoms with Crippen molar-refractivity contribution in [3.05, 3.63) is 36.9 Å². The number of carbonyl (C=O) groups is 3. The van der Waals surface area contributed by atoms with Crippen LogP contribution in [0.5, 0.6) is 5.75 Å². The van der Waals surface area contributed by atoms with E-state index in [2.05, 4.69) is 6.58 Å². The predicted molar refractivity (Wildman–Crippen MR) is 125 cm³/mol. The molecule has 3 aliphatic heterocycles. The summed E-state index contributed by atoms with van der Waals surface area (Å²) >= 11 is 1.58. The summed E-state index contributed by atoms with van der Waals surface area (Å²) < 4.78 is 9.83. The minimum Gasteiger partial charge on any atom is -0.497 e. The lowest BCUT2D eigenvalue weighted by molar-refractivity contribution is -0.153. The van der Waals surface area contributed by atoms with Crippen LogP contribution in [0.25, 0.3) is 0 Å². The Morgan fingerprint density at radius 1 is 1.36 bits per heavy atom. The van der Waals surface area contributed by atoms with Crippen LogP contribution in [0.15, 0.2) is 36.9 Å². The van der Waals surface area contributed by atoms with Gasteiger partial charge in [-0.3, -0.25) is 14.4 Å². The van der Waals surface area contributed by atoms with E-state index in [1.165, 1.54) is 4.90 Å². The number of amides is 2. The number of benzene rings is 1. The third-order valence-corrected chi connectivity index (χ3v) is 8.85. The number of ether oxygens (including phenoxy) is 2. The summed E-state index contributed by atoms with van der Waals surface area (Å²) in [4.78, 5) is 43.6. The molecule has 3 fully saturated rings. The molecule has 9 heteroatoms. The molecule has 178 valence electrons. The van der Waals surface area contributed by atoms with Crippen LogP contribution in [0, 0.1) is 11.8 Å². The zero-order chi connectivity index (χ0) is 23.8. The molecular weight excluding hydrogens is 444 g/mol. The molecule has 2 amide bonds. The number of thioether (sulfide) groups is 1. The fourth-order valence-electron chi connectivity index (χ4n) is 5.65. The van der Waals surface area contributed by atoms with Crippen molar-refractivity contribution in [1.82, 2.24) is 4.90 Å². The number of nitrogens with zero attached hydrogens (tertiary/aromatic N) is 2. The third kappa shape index (κ3) is 3.71. The van der Waals surface area contributed by atoms with E-state index in [-0.39, 0.29) is 49.3 Å². The van der Waals surface area contributed by atoms with E-state index >= 15 is 0 Å². The van der Waals surface area contributed by atoms with Crippen LogP contribution in [0.2, 0.25) is 0 Å². The van der Waals surface area contributed by atoms with Gasteiger partial charge in [0.25, 0.3) is 5.91 Å². The average molecular weight is 475 g/mol. The molecule has 2 unspecified atom stereocenters. The van der Waals surface area contributed by atoms with Crippen molar-refractivity contribution in [3.63, 3.8) is 0 Å². The zero-order valence-electron chi connectivity index (χ0n) is 18.9. The molecule has 3 aliphatic rings. The molecule has 1 aromatic carbocycles. The van der Waals surface area contributed by atoms with Crippen molar-refractivity contribution in [3.8, 4) is 5.75 Å². The van der Waals surface area contributed by atoms with Gasteiger partial charge in [-0.15, -0.1) is 18.3 Å². The van der Waals surface area contributed by atoms with Gasteiger partial charge in [0.15, 0.2) is 0 Å². The molecule has 3 saturated heterocycles.